The Balaban J connectivity index is 1.77. The molecule has 0 aliphatic carbocycles. The van der Waals surface area contributed by atoms with Gasteiger partial charge in [-0.2, -0.15) is 0 Å². The largest absolute Gasteiger partial charge is 0.481 e. The van der Waals surface area contributed by atoms with Crippen molar-refractivity contribution in [2.45, 2.75) is 33.2 Å². The molecule has 0 saturated carbocycles. The third-order valence-electron chi connectivity index (χ3n) is 3.31. The molecule has 2 rings (SSSR count). The van der Waals surface area contributed by atoms with Crippen LogP contribution in [-0.4, -0.2) is 13.2 Å². The number of furan rings is 1. The molecule has 22 heavy (non-hydrogen) atoms. The van der Waals surface area contributed by atoms with Gasteiger partial charge in [-0.15, -0.1) is 0 Å². The van der Waals surface area contributed by atoms with Crippen LogP contribution in [0, 0.1) is 18.8 Å². The highest BCUT2D eigenvalue weighted by Gasteiger charge is 2.07. The van der Waals surface area contributed by atoms with Gasteiger partial charge in [0, 0.05) is 0 Å². The molecule has 0 aliphatic heterocycles. The molecule has 0 radical (unpaired) electrons. The summed E-state index contributed by atoms with van der Waals surface area (Å²) in [6.07, 6.45) is 1.67. The smallest absolute Gasteiger partial charge is 0.149 e. The van der Waals surface area contributed by atoms with Crippen molar-refractivity contribution >= 4 is 0 Å². The van der Waals surface area contributed by atoms with Crippen LogP contribution >= 0.6 is 0 Å². The molecule has 2 aromatic rings. The highest BCUT2D eigenvalue weighted by molar-refractivity contribution is 5.39. The van der Waals surface area contributed by atoms with Gasteiger partial charge in [0.15, 0.2) is 0 Å². The maximum absolute atomic E-state index is 5.81. The third-order valence-corrected chi connectivity index (χ3v) is 3.31. The number of nitrogens with one attached hydrogen (secondary N) is 1. The Kier molecular flexibility index (Phi) is 6.12. The van der Waals surface area contributed by atoms with Gasteiger partial charge in [0.1, 0.15) is 18.1 Å². The number of hydrogen-bond donors (Lipinski definition) is 1. The summed E-state index contributed by atoms with van der Waals surface area (Å²) < 4.78 is 11.0. The summed E-state index contributed by atoms with van der Waals surface area (Å²) in [4.78, 5) is 0. The van der Waals surface area contributed by atoms with Crippen LogP contribution in [0.15, 0.2) is 41.0 Å². The number of ether oxygens (including phenoxy) is 1. The number of rotatable bonds is 6. The summed E-state index contributed by atoms with van der Waals surface area (Å²) in [5.41, 5.74) is 2.43. The number of aryl methyl sites for hydroxylation is 1. The van der Waals surface area contributed by atoms with Crippen LogP contribution in [0.2, 0.25) is 0 Å². The molecule has 1 N–H and O–H groups in total. The van der Waals surface area contributed by atoms with Crippen molar-refractivity contribution in [3.63, 3.8) is 0 Å². The Morgan fingerprint density at radius 2 is 2.09 bits per heavy atom. The van der Waals surface area contributed by atoms with E-state index in [0.717, 1.165) is 11.5 Å². The summed E-state index contributed by atoms with van der Waals surface area (Å²) in [6.45, 7) is 8.13. The van der Waals surface area contributed by atoms with E-state index in [1.54, 1.807) is 6.26 Å². The van der Waals surface area contributed by atoms with Gasteiger partial charge in [0.05, 0.1) is 19.4 Å². The summed E-state index contributed by atoms with van der Waals surface area (Å²) in [5, 5.41) is 3.20. The third kappa shape index (κ3) is 4.98. The second-order valence-corrected chi connectivity index (χ2v) is 5.52. The molecule has 3 nitrogen and oxygen atoms in total. The van der Waals surface area contributed by atoms with Gasteiger partial charge in [0.2, 0.25) is 0 Å². The monoisotopic (exact) mass is 297 g/mol. The van der Waals surface area contributed by atoms with Gasteiger partial charge < -0.3 is 9.15 Å². The SMILES string of the molecule is Cc1ccc(C(C)C)c(OCC#CCNCc2ccco2)c1. The van der Waals surface area contributed by atoms with Crippen LogP contribution in [-0.2, 0) is 6.54 Å². The van der Waals surface area contributed by atoms with Gasteiger partial charge in [-0.3, -0.25) is 5.32 Å². The van der Waals surface area contributed by atoms with E-state index in [1.807, 2.05) is 12.1 Å². The number of benzene rings is 1. The van der Waals surface area contributed by atoms with E-state index < -0.39 is 0 Å². The molecule has 3 heteroatoms. The predicted molar refractivity (Wildman–Crippen MR) is 89.0 cm³/mol. The quantitative estimate of drug-likeness (QED) is 0.649. The molecule has 0 saturated heterocycles. The summed E-state index contributed by atoms with van der Waals surface area (Å²) in [7, 11) is 0. The highest BCUT2D eigenvalue weighted by Crippen LogP contribution is 2.27. The standard InChI is InChI=1S/C19H23NO2/c1-15(2)18-9-8-16(3)13-19(18)22-11-5-4-10-20-14-17-7-6-12-21-17/h6-9,12-13,15,20H,10-11,14H2,1-3H3. The van der Waals surface area contributed by atoms with Crippen LogP contribution in [0.1, 0.15) is 36.7 Å². The first-order chi connectivity index (χ1) is 10.7. The zero-order valence-corrected chi connectivity index (χ0v) is 13.5. The van der Waals surface area contributed by atoms with Gasteiger partial charge >= 0.3 is 0 Å². The minimum Gasteiger partial charge on any atom is -0.481 e. The molecule has 0 bridgehead atoms. The molecule has 1 aromatic heterocycles. The van der Waals surface area contributed by atoms with Gasteiger partial charge in [-0.25, -0.2) is 0 Å². The minimum atomic E-state index is 0.408. The van der Waals surface area contributed by atoms with Gasteiger partial charge in [-0.05, 0) is 42.2 Å². The van der Waals surface area contributed by atoms with Crippen molar-refractivity contribution < 1.29 is 9.15 Å². The van der Waals surface area contributed by atoms with Crippen LogP contribution in [0.3, 0.4) is 0 Å². The van der Waals surface area contributed by atoms with Crippen molar-refractivity contribution in [3.8, 4) is 17.6 Å². The van der Waals surface area contributed by atoms with Crippen molar-refractivity contribution in [3.05, 3.63) is 53.5 Å². The maximum atomic E-state index is 5.81. The second-order valence-electron chi connectivity index (χ2n) is 5.52. The molecule has 0 unspecified atom stereocenters. The predicted octanol–water partition coefficient (Wildman–Crippen LogP) is 3.88. The molecule has 0 amide bonds. The topological polar surface area (TPSA) is 34.4 Å². The normalized spacial score (nSPS) is 10.4. The molecule has 1 heterocycles. The van der Waals surface area contributed by atoms with E-state index in [2.05, 4.69) is 56.1 Å². The Morgan fingerprint density at radius 1 is 1.23 bits per heavy atom. The molecule has 0 spiro atoms. The molecular weight excluding hydrogens is 274 g/mol. The van der Waals surface area contributed by atoms with E-state index in [0.29, 0.717) is 25.6 Å². The van der Waals surface area contributed by atoms with Crippen LogP contribution in [0.4, 0.5) is 0 Å². The van der Waals surface area contributed by atoms with Crippen LogP contribution in [0.5, 0.6) is 5.75 Å². The lowest BCUT2D eigenvalue weighted by Gasteiger charge is -2.13. The Labute approximate surface area is 132 Å². The molecular formula is C19H23NO2. The van der Waals surface area contributed by atoms with Crippen molar-refractivity contribution in [1.29, 1.82) is 0 Å². The van der Waals surface area contributed by atoms with Crippen molar-refractivity contribution in [2.24, 2.45) is 0 Å². The average molecular weight is 297 g/mol. The van der Waals surface area contributed by atoms with E-state index >= 15 is 0 Å². The maximum Gasteiger partial charge on any atom is 0.149 e. The second kappa shape index (κ2) is 8.31. The van der Waals surface area contributed by atoms with E-state index in [9.17, 15) is 0 Å². The van der Waals surface area contributed by atoms with Crippen molar-refractivity contribution in [1.82, 2.24) is 5.32 Å². The lowest BCUT2D eigenvalue weighted by molar-refractivity contribution is 0.364. The average Bonchev–Trinajstić information content (AvgIpc) is 2.99. The Hall–Kier alpha value is -2.18. The summed E-state index contributed by atoms with van der Waals surface area (Å²) >= 11 is 0. The fourth-order valence-corrected chi connectivity index (χ4v) is 2.13. The fourth-order valence-electron chi connectivity index (χ4n) is 2.13. The van der Waals surface area contributed by atoms with E-state index in [-0.39, 0.29) is 0 Å². The summed E-state index contributed by atoms with van der Waals surface area (Å²) in [6, 6.07) is 10.1. The fraction of sp³-hybridized carbons (Fsp3) is 0.368. The highest BCUT2D eigenvalue weighted by atomic mass is 16.5. The van der Waals surface area contributed by atoms with Crippen molar-refractivity contribution in [2.75, 3.05) is 13.2 Å². The van der Waals surface area contributed by atoms with Crippen LogP contribution in [0.25, 0.3) is 0 Å². The summed E-state index contributed by atoms with van der Waals surface area (Å²) in [5.74, 6) is 8.38. The first kappa shape index (κ1) is 16.2. The van der Waals surface area contributed by atoms with E-state index in [1.165, 1.54) is 11.1 Å². The van der Waals surface area contributed by atoms with Gasteiger partial charge in [0.25, 0.3) is 0 Å². The van der Waals surface area contributed by atoms with Gasteiger partial charge in [-0.1, -0.05) is 37.8 Å². The molecule has 0 atom stereocenters. The lowest BCUT2D eigenvalue weighted by Crippen LogP contribution is -2.12. The molecule has 1 aromatic carbocycles. The Morgan fingerprint density at radius 3 is 2.82 bits per heavy atom. The van der Waals surface area contributed by atoms with Crippen LogP contribution < -0.4 is 10.1 Å². The lowest BCUT2D eigenvalue weighted by atomic mass is 10.0. The first-order valence-electron chi connectivity index (χ1n) is 7.59. The molecule has 0 aliphatic rings. The zero-order chi connectivity index (χ0) is 15.8. The minimum absolute atomic E-state index is 0.408. The molecule has 116 valence electrons. The Bertz CT molecular complexity index is 633. The number of hydrogen-bond acceptors (Lipinski definition) is 3. The molecule has 0 fully saturated rings. The van der Waals surface area contributed by atoms with E-state index in [4.69, 9.17) is 9.15 Å². The first-order valence-corrected chi connectivity index (χ1v) is 7.59. The zero-order valence-electron chi connectivity index (χ0n) is 13.5.